The van der Waals surface area contributed by atoms with E-state index in [0.717, 1.165) is 54.0 Å². The maximum Gasteiger partial charge on any atom is 0.416 e. The number of hydrogen-bond acceptors (Lipinski definition) is 3. The number of alkyl halides is 3. The maximum atomic E-state index is 12.7. The number of carbonyl (C=O) groups is 1. The lowest BCUT2D eigenvalue weighted by Crippen LogP contribution is -2.31. The number of halogens is 3. The third-order valence-corrected chi connectivity index (χ3v) is 6.16. The molecule has 142 valence electrons. The molecular weight excluding hydrogens is 385 g/mol. The maximum absolute atomic E-state index is 12.7. The van der Waals surface area contributed by atoms with Gasteiger partial charge in [0.1, 0.15) is 5.01 Å². The van der Waals surface area contributed by atoms with Gasteiger partial charge in [0.25, 0.3) is 0 Å². The molecule has 7 heteroatoms. The minimum atomic E-state index is -4.34. The van der Waals surface area contributed by atoms with Crippen molar-refractivity contribution in [2.45, 2.75) is 25.4 Å². The number of aromatic nitrogens is 1. The fourth-order valence-electron chi connectivity index (χ4n) is 3.97. The second-order valence-electron chi connectivity index (χ2n) is 7.08. The lowest BCUT2D eigenvalue weighted by atomic mass is 9.96. The van der Waals surface area contributed by atoms with Crippen molar-refractivity contribution in [3.05, 3.63) is 58.5 Å². The molecule has 0 N–H and O–H groups in total. The molecule has 3 aromatic rings. The van der Waals surface area contributed by atoms with E-state index in [0.29, 0.717) is 17.0 Å². The Morgan fingerprint density at radius 3 is 2.54 bits per heavy atom. The lowest BCUT2D eigenvalue weighted by molar-refractivity contribution is -0.137. The van der Waals surface area contributed by atoms with Crippen molar-refractivity contribution in [2.75, 3.05) is 11.4 Å². The third kappa shape index (κ3) is 2.81. The first-order valence-electron chi connectivity index (χ1n) is 9.00. The number of benzene rings is 2. The molecule has 3 heterocycles. The Balaban J connectivity index is 1.49. The normalized spacial score (nSPS) is 15.8. The van der Waals surface area contributed by atoms with Crippen molar-refractivity contribution in [3.8, 4) is 21.8 Å². The van der Waals surface area contributed by atoms with Crippen LogP contribution in [0, 0.1) is 0 Å². The van der Waals surface area contributed by atoms with Crippen molar-refractivity contribution < 1.29 is 18.0 Å². The molecule has 0 spiro atoms. The lowest BCUT2D eigenvalue weighted by Gasteiger charge is -2.25. The Kier molecular flexibility index (Phi) is 3.84. The van der Waals surface area contributed by atoms with Gasteiger partial charge in [0.05, 0.1) is 23.4 Å². The van der Waals surface area contributed by atoms with Crippen molar-refractivity contribution in [3.63, 3.8) is 0 Å². The highest BCUT2D eigenvalue weighted by Crippen LogP contribution is 2.40. The highest BCUT2D eigenvalue weighted by Gasteiger charge is 2.33. The number of rotatable bonds is 2. The van der Waals surface area contributed by atoms with Gasteiger partial charge in [-0.15, -0.1) is 11.3 Å². The summed E-state index contributed by atoms with van der Waals surface area (Å²) in [7, 11) is 0. The molecule has 0 aliphatic carbocycles. The van der Waals surface area contributed by atoms with Gasteiger partial charge >= 0.3 is 6.18 Å². The number of nitrogens with zero attached hydrogens (tertiary/aromatic N) is 2. The van der Waals surface area contributed by atoms with E-state index in [1.165, 1.54) is 29.0 Å². The summed E-state index contributed by atoms with van der Waals surface area (Å²) in [6.45, 7) is 0.785. The van der Waals surface area contributed by atoms with Crippen molar-refractivity contribution in [1.82, 2.24) is 4.98 Å². The molecule has 2 aliphatic heterocycles. The second-order valence-corrected chi connectivity index (χ2v) is 7.94. The molecule has 0 saturated heterocycles. The number of hydrogen-bond donors (Lipinski definition) is 0. The Morgan fingerprint density at radius 1 is 1.04 bits per heavy atom. The highest BCUT2D eigenvalue weighted by molar-refractivity contribution is 7.13. The van der Waals surface area contributed by atoms with E-state index in [-0.39, 0.29) is 5.91 Å². The molecule has 0 fully saturated rings. The fourth-order valence-corrected chi connectivity index (χ4v) is 4.80. The smallest absolute Gasteiger partial charge is 0.312 e. The van der Waals surface area contributed by atoms with Crippen LogP contribution >= 0.6 is 11.3 Å². The van der Waals surface area contributed by atoms with E-state index in [9.17, 15) is 18.0 Å². The van der Waals surface area contributed by atoms with Crippen molar-refractivity contribution >= 4 is 22.9 Å². The topological polar surface area (TPSA) is 33.2 Å². The molecule has 0 bridgehead atoms. The predicted molar refractivity (Wildman–Crippen MR) is 102 cm³/mol. The van der Waals surface area contributed by atoms with E-state index in [1.54, 1.807) is 0 Å². The van der Waals surface area contributed by atoms with Gasteiger partial charge in [-0.25, -0.2) is 4.98 Å². The molecule has 0 saturated carbocycles. The molecule has 2 aliphatic rings. The zero-order valence-corrected chi connectivity index (χ0v) is 15.5. The van der Waals surface area contributed by atoms with Gasteiger partial charge in [-0.05, 0) is 48.2 Å². The molecular formula is C21H15F3N2OS. The molecule has 3 nitrogen and oxygen atoms in total. The van der Waals surface area contributed by atoms with Crippen LogP contribution in [0.5, 0.6) is 0 Å². The summed E-state index contributed by atoms with van der Waals surface area (Å²) >= 11 is 1.40. The minimum Gasteiger partial charge on any atom is -0.312 e. The Labute approximate surface area is 163 Å². The van der Waals surface area contributed by atoms with E-state index >= 15 is 0 Å². The number of carbonyl (C=O) groups excluding carboxylic acids is 1. The van der Waals surface area contributed by atoms with Crippen LogP contribution in [-0.4, -0.2) is 17.4 Å². The third-order valence-electron chi connectivity index (χ3n) is 5.27. The van der Waals surface area contributed by atoms with E-state index in [4.69, 9.17) is 0 Å². The molecule has 0 unspecified atom stereocenters. The summed E-state index contributed by atoms with van der Waals surface area (Å²) in [6, 6.07) is 9.18. The Hall–Kier alpha value is -2.67. The quantitative estimate of drug-likeness (QED) is 0.582. The van der Waals surface area contributed by atoms with E-state index < -0.39 is 11.7 Å². The van der Waals surface area contributed by atoms with Crippen LogP contribution in [0.3, 0.4) is 0 Å². The first-order valence-corrected chi connectivity index (χ1v) is 9.88. The minimum absolute atomic E-state index is 0.150. The van der Waals surface area contributed by atoms with Gasteiger partial charge in [-0.2, -0.15) is 13.2 Å². The fraction of sp³-hybridized carbons (Fsp3) is 0.238. The summed E-state index contributed by atoms with van der Waals surface area (Å²) < 4.78 is 38.2. The van der Waals surface area contributed by atoms with Crippen molar-refractivity contribution in [2.24, 2.45) is 0 Å². The van der Waals surface area contributed by atoms with Gasteiger partial charge in [0.15, 0.2) is 0 Å². The molecule has 0 atom stereocenters. The average molecular weight is 400 g/mol. The summed E-state index contributed by atoms with van der Waals surface area (Å²) in [5.74, 6) is 0.150. The number of thiazole rings is 1. The molecule has 1 aromatic heterocycles. The molecule has 0 radical (unpaired) electrons. The molecule has 28 heavy (non-hydrogen) atoms. The van der Waals surface area contributed by atoms with Crippen LogP contribution < -0.4 is 4.90 Å². The van der Waals surface area contributed by atoms with Crippen LogP contribution in [0.25, 0.3) is 21.8 Å². The first-order chi connectivity index (χ1) is 13.4. The summed E-state index contributed by atoms with van der Waals surface area (Å²) in [6.07, 6.45) is -2.03. The number of amides is 1. The predicted octanol–water partition coefficient (Wildman–Crippen LogP) is 5.33. The molecule has 2 aromatic carbocycles. The van der Waals surface area contributed by atoms with Crippen LogP contribution in [0.1, 0.15) is 23.1 Å². The van der Waals surface area contributed by atoms with Crippen molar-refractivity contribution in [1.29, 1.82) is 0 Å². The number of aryl methyl sites for hydroxylation is 1. The Morgan fingerprint density at radius 2 is 1.79 bits per heavy atom. The SMILES string of the molecule is O=C1Cc2cc(-c3csc(-c4ccc(C(F)(F)F)cc4)n3)cc3c2N1CCC3. The summed E-state index contributed by atoms with van der Waals surface area (Å²) in [5.41, 5.74) is 5.02. The largest absolute Gasteiger partial charge is 0.416 e. The standard InChI is InChI=1S/C21H15F3N2OS/c22-21(23,24)16-5-3-12(4-6-16)20-25-17(11-28-20)14-8-13-2-1-7-26-18(27)10-15(9-14)19(13)26/h3-6,8-9,11H,1-2,7,10H2. The van der Waals surface area contributed by atoms with Gasteiger partial charge in [0.2, 0.25) is 5.91 Å². The summed E-state index contributed by atoms with van der Waals surface area (Å²) in [5, 5.41) is 2.59. The van der Waals surface area contributed by atoms with Crippen LogP contribution in [0.4, 0.5) is 18.9 Å². The summed E-state index contributed by atoms with van der Waals surface area (Å²) in [4.78, 5) is 18.7. The highest BCUT2D eigenvalue weighted by atomic mass is 32.1. The van der Waals surface area contributed by atoms with Crippen LogP contribution in [0.15, 0.2) is 41.8 Å². The molecule has 5 rings (SSSR count). The van der Waals surface area contributed by atoms with E-state index in [1.807, 2.05) is 16.3 Å². The number of anilines is 1. The molecule has 1 amide bonds. The van der Waals surface area contributed by atoms with Gasteiger partial charge in [0, 0.05) is 23.1 Å². The van der Waals surface area contributed by atoms with Gasteiger partial charge in [-0.3, -0.25) is 4.79 Å². The Bertz CT molecular complexity index is 1090. The average Bonchev–Trinajstić information content (AvgIpc) is 3.28. The van der Waals surface area contributed by atoms with Gasteiger partial charge < -0.3 is 4.90 Å². The zero-order chi connectivity index (χ0) is 19.5. The first kappa shape index (κ1) is 17.4. The van der Waals surface area contributed by atoms with Crippen LogP contribution in [-0.2, 0) is 23.8 Å². The second kappa shape index (κ2) is 6.17. The zero-order valence-electron chi connectivity index (χ0n) is 14.7. The van der Waals surface area contributed by atoms with Gasteiger partial charge in [-0.1, -0.05) is 12.1 Å². The van der Waals surface area contributed by atoms with E-state index in [2.05, 4.69) is 11.1 Å². The monoisotopic (exact) mass is 400 g/mol. The van der Waals surface area contributed by atoms with Crippen LogP contribution in [0.2, 0.25) is 0 Å².